The third-order valence-electron chi connectivity index (χ3n) is 6.74. The van der Waals surface area contributed by atoms with Gasteiger partial charge in [-0.2, -0.15) is 0 Å². The van der Waals surface area contributed by atoms with Crippen LogP contribution in [-0.4, -0.2) is 21.9 Å². The first-order valence-electron chi connectivity index (χ1n) is 13.0. The van der Waals surface area contributed by atoms with Crippen molar-refractivity contribution in [3.05, 3.63) is 139 Å². The number of benzene rings is 4. The highest BCUT2D eigenvalue weighted by molar-refractivity contribution is 9.10. The average molecular weight is 649 g/mol. The summed E-state index contributed by atoms with van der Waals surface area (Å²) in [5.74, 6) is -0.606. The van der Waals surface area contributed by atoms with Gasteiger partial charge in [-0.05, 0) is 76.9 Å². The SMILES string of the molecule is O=C(Cc1ccc(Br)cc1)N1Cc2ccccc2C1.O=C(O)Cc1ccc(Br)cc1.c1ccc2c(c1)CCC2. The first kappa shape index (κ1) is 28.8. The number of hydrogen-bond acceptors (Lipinski definition) is 2. The highest BCUT2D eigenvalue weighted by atomic mass is 79.9. The Morgan fingerprint density at radius 1 is 0.615 bits per heavy atom. The third-order valence-corrected chi connectivity index (χ3v) is 7.80. The number of rotatable bonds is 4. The van der Waals surface area contributed by atoms with Crippen LogP contribution < -0.4 is 0 Å². The molecule has 0 unspecified atom stereocenters. The molecule has 0 saturated carbocycles. The molecule has 0 aromatic heterocycles. The summed E-state index contributed by atoms with van der Waals surface area (Å²) in [6.45, 7) is 1.48. The van der Waals surface area contributed by atoms with Gasteiger partial charge in [0.2, 0.25) is 5.91 Å². The molecule has 6 rings (SSSR count). The van der Waals surface area contributed by atoms with Crippen LogP contribution in [0.2, 0.25) is 0 Å². The van der Waals surface area contributed by atoms with Gasteiger partial charge in [-0.15, -0.1) is 0 Å². The molecule has 1 aliphatic carbocycles. The molecule has 2 aliphatic rings. The molecular formula is C33H31Br2NO3. The predicted octanol–water partition coefficient (Wildman–Crippen LogP) is 7.79. The Morgan fingerprint density at radius 3 is 1.46 bits per heavy atom. The van der Waals surface area contributed by atoms with E-state index in [4.69, 9.17) is 5.11 Å². The Bertz CT molecular complexity index is 1350. The summed E-state index contributed by atoms with van der Waals surface area (Å²) in [6.07, 6.45) is 4.53. The maximum atomic E-state index is 12.3. The predicted molar refractivity (Wildman–Crippen MR) is 162 cm³/mol. The van der Waals surface area contributed by atoms with Gasteiger partial charge in [-0.1, -0.05) is 105 Å². The molecule has 39 heavy (non-hydrogen) atoms. The number of carboxylic acid groups (broad SMARTS) is 1. The maximum absolute atomic E-state index is 12.3. The number of aryl methyl sites for hydroxylation is 2. The van der Waals surface area contributed by atoms with Crippen LogP contribution in [0.15, 0.2) is 106 Å². The van der Waals surface area contributed by atoms with Crippen molar-refractivity contribution in [1.29, 1.82) is 0 Å². The highest BCUT2D eigenvalue weighted by Crippen LogP contribution is 2.23. The normalized spacial score (nSPS) is 12.8. The maximum Gasteiger partial charge on any atom is 0.307 e. The van der Waals surface area contributed by atoms with Crippen molar-refractivity contribution >= 4 is 43.7 Å². The van der Waals surface area contributed by atoms with Gasteiger partial charge in [0.25, 0.3) is 0 Å². The zero-order valence-electron chi connectivity index (χ0n) is 21.7. The fourth-order valence-corrected chi connectivity index (χ4v) is 5.22. The number of fused-ring (bicyclic) bond motifs is 2. The van der Waals surface area contributed by atoms with Crippen LogP contribution in [0.5, 0.6) is 0 Å². The Kier molecular flexibility index (Phi) is 10.5. The molecule has 0 spiro atoms. The molecule has 0 saturated heterocycles. The Morgan fingerprint density at radius 2 is 1.03 bits per heavy atom. The summed E-state index contributed by atoms with van der Waals surface area (Å²) in [6, 6.07) is 32.2. The lowest BCUT2D eigenvalue weighted by Gasteiger charge is -2.15. The minimum atomic E-state index is -0.799. The van der Waals surface area contributed by atoms with Gasteiger partial charge in [0.15, 0.2) is 0 Å². The van der Waals surface area contributed by atoms with Crippen molar-refractivity contribution in [2.75, 3.05) is 0 Å². The van der Waals surface area contributed by atoms with Crippen molar-refractivity contribution in [2.24, 2.45) is 0 Å². The van der Waals surface area contributed by atoms with Crippen LogP contribution in [-0.2, 0) is 48.4 Å². The van der Waals surface area contributed by atoms with Gasteiger partial charge >= 0.3 is 5.97 Å². The van der Waals surface area contributed by atoms with E-state index >= 15 is 0 Å². The number of hydrogen-bond donors (Lipinski definition) is 1. The molecule has 0 atom stereocenters. The van der Waals surface area contributed by atoms with Gasteiger partial charge < -0.3 is 10.0 Å². The first-order chi connectivity index (χ1) is 18.9. The summed E-state index contributed by atoms with van der Waals surface area (Å²) in [5.41, 5.74) is 7.55. The van der Waals surface area contributed by atoms with Gasteiger partial charge in [0.1, 0.15) is 0 Å². The monoisotopic (exact) mass is 647 g/mol. The molecule has 4 aromatic rings. The number of carbonyl (C=O) groups is 2. The standard InChI is InChI=1S/C16H14BrNO.C9H10.C8H7BrO2/c17-15-7-5-12(6-8-15)9-16(19)18-10-13-3-1-2-4-14(13)11-18;1-2-5-9-7-3-6-8(9)4-1;9-7-3-1-6(2-4-7)5-8(10)11/h1-8H,9-11H2;1-2,4-5H,3,6-7H2;1-4H,5H2,(H,10,11). The fraction of sp³-hybridized carbons (Fsp3) is 0.212. The van der Waals surface area contributed by atoms with E-state index in [1.807, 2.05) is 53.4 Å². The Labute approximate surface area is 246 Å². The summed E-state index contributed by atoms with van der Waals surface area (Å²) in [7, 11) is 0. The quantitative estimate of drug-likeness (QED) is 0.246. The fourth-order valence-electron chi connectivity index (χ4n) is 4.69. The van der Waals surface area contributed by atoms with E-state index in [1.165, 1.54) is 30.4 Å². The number of nitrogens with zero attached hydrogens (tertiary/aromatic N) is 1. The van der Waals surface area contributed by atoms with Crippen LogP contribution in [0.3, 0.4) is 0 Å². The number of halogens is 2. The molecule has 6 heteroatoms. The minimum Gasteiger partial charge on any atom is -0.481 e. The summed E-state index contributed by atoms with van der Waals surface area (Å²) in [5, 5.41) is 8.42. The molecule has 1 heterocycles. The Hall–Kier alpha value is -3.22. The van der Waals surface area contributed by atoms with Crippen molar-refractivity contribution in [3.63, 3.8) is 0 Å². The lowest BCUT2D eigenvalue weighted by molar-refractivity contribution is -0.136. The summed E-state index contributed by atoms with van der Waals surface area (Å²) >= 11 is 6.67. The van der Waals surface area contributed by atoms with E-state index in [-0.39, 0.29) is 12.3 Å². The number of amides is 1. The molecule has 1 amide bonds. The molecule has 200 valence electrons. The van der Waals surface area contributed by atoms with Crippen LogP contribution in [0.25, 0.3) is 0 Å². The zero-order valence-corrected chi connectivity index (χ0v) is 24.8. The molecule has 4 aromatic carbocycles. The van der Waals surface area contributed by atoms with Crippen molar-refractivity contribution in [3.8, 4) is 0 Å². The number of carboxylic acids is 1. The summed E-state index contributed by atoms with van der Waals surface area (Å²) in [4.78, 5) is 24.4. The van der Waals surface area contributed by atoms with Gasteiger partial charge in [0, 0.05) is 22.0 Å². The van der Waals surface area contributed by atoms with Crippen molar-refractivity contribution in [2.45, 2.75) is 45.2 Å². The van der Waals surface area contributed by atoms with Crippen LogP contribution in [0.1, 0.15) is 39.8 Å². The van der Waals surface area contributed by atoms with E-state index in [1.54, 1.807) is 23.3 Å². The second kappa shape index (κ2) is 14.2. The molecule has 4 nitrogen and oxygen atoms in total. The van der Waals surface area contributed by atoms with E-state index in [0.717, 1.165) is 33.2 Å². The lowest BCUT2D eigenvalue weighted by atomic mass is 10.1. The second-order valence-corrected chi connectivity index (χ2v) is 11.5. The largest absolute Gasteiger partial charge is 0.481 e. The average Bonchev–Trinajstić information content (AvgIpc) is 3.59. The second-order valence-electron chi connectivity index (χ2n) is 9.64. The topological polar surface area (TPSA) is 57.6 Å². The van der Waals surface area contributed by atoms with E-state index in [2.05, 4.69) is 68.3 Å². The van der Waals surface area contributed by atoms with E-state index < -0.39 is 5.97 Å². The highest BCUT2D eigenvalue weighted by Gasteiger charge is 2.22. The van der Waals surface area contributed by atoms with Crippen LogP contribution in [0, 0.1) is 0 Å². The smallest absolute Gasteiger partial charge is 0.307 e. The van der Waals surface area contributed by atoms with Gasteiger partial charge in [0.05, 0.1) is 12.8 Å². The van der Waals surface area contributed by atoms with Crippen molar-refractivity contribution in [1.82, 2.24) is 4.90 Å². The first-order valence-corrected chi connectivity index (χ1v) is 14.6. The molecule has 1 N–H and O–H groups in total. The zero-order chi connectivity index (χ0) is 27.6. The van der Waals surface area contributed by atoms with Gasteiger partial charge in [-0.25, -0.2) is 0 Å². The van der Waals surface area contributed by atoms with Crippen LogP contribution >= 0.6 is 31.9 Å². The molecule has 0 radical (unpaired) electrons. The third kappa shape index (κ3) is 8.91. The van der Waals surface area contributed by atoms with E-state index in [0.29, 0.717) is 6.42 Å². The summed E-state index contributed by atoms with van der Waals surface area (Å²) < 4.78 is 2.00. The Balaban J connectivity index is 0.000000149. The molecule has 0 fully saturated rings. The number of carbonyl (C=O) groups excluding carboxylic acids is 1. The minimum absolute atomic E-state index is 0.0906. The molecular weight excluding hydrogens is 618 g/mol. The van der Waals surface area contributed by atoms with E-state index in [9.17, 15) is 9.59 Å². The molecule has 1 aliphatic heterocycles. The molecule has 0 bridgehead atoms. The van der Waals surface area contributed by atoms with Crippen LogP contribution in [0.4, 0.5) is 0 Å². The lowest BCUT2D eigenvalue weighted by Crippen LogP contribution is -2.26. The number of aliphatic carboxylic acids is 1. The van der Waals surface area contributed by atoms with Gasteiger partial charge in [-0.3, -0.25) is 9.59 Å². The van der Waals surface area contributed by atoms with Crippen molar-refractivity contribution < 1.29 is 14.7 Å².